The standard InChI is InChI=1S/C18H19N3/c1-12-5-4-6-15(10-12)16-11-18(19)21(20-16)17-8-7-13(2)9-14(17)3/h4-11H,19H2,1-3H3. The predicted molar refractivity (Wildman–Crippen MR) is 87.6 cm³/mol. The van der Waals surface area contributed by atoms with E-state index < -0.39 is 0 Å². The van der Waals surface area contributed by atoms with E-state index in [0.717, 1.165) is 16.9 Å². The minimum absolute atomic E-state index is 0.651. The Bertz CT molecular complexity index is 800. The molecule has 0 unspecified atom stereocenters. The number of benzene rings is 2. The van der Waals surface area contributed by atoms with Gasteiger partial charge in [-0.2, -0.15) is 5.10 Å². The molecule has 0 spiro atoms. The molecule has 1 heterocycles. The quantitative estimate of drug-likeness (QED) is 0.768. The lowest BCUT2D eigenvalue weighted by Crippen LogP contribution is -2.03. The van der Waals surface area contributed by atoms with Crippen LogP contribution in [-0.2, 0) is 0 Å². The topological polar surface area (TPSA) is 43.8 Å². The van der Waals surface area contributed by atoms with Crippen LogP contribution in [0.15, 0.2) is 48.5 Å². The molecule has 2 N–H and O–H groups in total. The van der Waals surface area contributed by atoms with Crippen LogP contribution in [0.5, 0.6) is 0 Å². The van der Waals surface area contributed by atoms with Crippen LogP contribution in [0.1, 0.15) is 16.7 Å². The minimum atomic E-state index is 0.651. The first-order valence-electron chi connectivity index (χ1n) is 7.05. The van der Waals surface area contributed by atoms with E-state index >= 15 is 0 Å². The second-order valence-corrected chi connectivity index (χ2v) is 5.53. The van der Waals surface area contributed by atoms with Crippen molar-refractivity contribution in [2.45, 2.75) is 20.8 Å². The van der Waals surface area contributed by atoms with E-state index in [1.54, 1.807) is 0 Å². The van der Waals surface area contributed by atoms with Gasteiger partial charge in [-0.05, 0) is 38.5 Å². The molecule has 0 saturated heterocycles. The van der Waals surface area contributed by atoms with E-state index in [1.165, 1.54) is 16.7 Å². The molecule has 0 atom stereocenters. The molecule has 3 aromatic rings. The Labute approximate surface area is 125 Å². The second kappa shape index (κ2) is 5.09. The van der Waals surface area contributed by atoms with E-state index in [1.807, 2.05) is 16.8 Å². The van der Waals surface area contributed by atoms with Gasteiger partial charge in [0.2, 0.25) is 0 Å². The molecule has 0 amide bonds. The summed E-state index contributed by atoms with van der Waals surface area (Å²) >= 11 is 0. The van der Waals surface area contributed by atoms with E-state index in [-0.39, 0.29) is 0 Å². The van der Waals surface area contributed by atoms with Crippen molar-refractivity contribution in [3.05, 3.63) is 65.2 Å². The van der Waals surface area contributed by atoms with Gasteiger partial charge in [0.15, 0.2) is 0 Å². The Hall–Kier alpha value is -2.55. The summed E-state index contributed by atoms with van der Waals surface area (Å²) in [5, 5.41) is 4.67. The number of nitrogens with zero attached hydrogens (tertiary/aromatic N) is 2. The lowest BCUT2D eigenvalue weighted by Gasteiger charge is -2.08. The molecular formula is C18H19N3. The Balaban J connectivity index is 2.10. The van der Waals surface area contributed by atoms with E-state index in [0.29, 0.717) is 5.82 Å². The molecule has 0 radical (unpaired) electrons. The Kier molecular flexibility index (Phi) is 3.26. The number of aromatic nitrogens is 2. The smallest absolute Gasteiger partial charge is 0.127 e. The van der Waals surface area contributed by atoms with Crippen LogP contribution < -0.4 is 5.73 Å². The van der Waals surface area contributed by atoms with Gasteiger partial charge in [-0.1, -0.05) is 41.5 Å². The average Bonchev–Trinajstić information content (AvgIpc) is 2.81. The van der Waals surface area contributed by atoms with Crippen molar-refractivity contribution in [2.24, 2.45) is 0 Å². The monoisotopic (exact) mass is 277 g/mol. The van der Waals surface area contributed by atoms with E-state index in [4.69, 9.17) is 5.73 Å². The van der Waals surface area contributed by atoms with Crippen LogP contribution in [0.3, 0.4) is 0 Å². The zero-order chi connectivity index (χ0) is 15.0. The third-order valence-electron chi connectivity index (χ3n) is 3.63. The highest BCUT2D eigenvalue weighted by Gasteiger charge is 2.10. The molecule has 0 aliphatic heterocycles. The van der Waals surface area contributed by atoms with Gasteiger partial charge in [-0.15, -0.1) is 0 Å². The lowest BCUT2D eigenvalue weighted by atomic mass is 10.1. The van der Waals surface area contributed by atoms with Crippen molar-refractivity contribution in [2.75, 3.05) is 5.73 Å². The fourth-order valence-corrected chi connectivity index (χ4v) is 2.58. The summed E-state index contributed by atoms with van der Waals surface area (Å²) in [7, 11) is 0. The van der Waals surface area contributed by atoms with Gasteiger partial charge in [0.05, 0.1) is 11.4 Å². The number of hydrogen-bond acceptors (Lipinski definition) is 2. The van der Waals surface area contributed by atoms with Crippen LogP contribution in [0.2, 0.25) is 0 Å². The van der Waals surface area contributed by atoms with E-state index in [2.05, 4.69) is 62.3 Å². The second-order valence-electron chi connectivity index (χ2n) is 5.53. The number of nitrogen functional groups attached to an aromatic ring is 1. The fourth-order valence-electron chi connectivity index (χ4n) is 2.58. The van der Waals surface area contributed by atoms with Crippen molar-refractivity contribution >= 4 is 5.82 Å². The molecule has 21 heavy (non-hydrogen) atoms. The third-order valence-corrected chi connectivity index (χ3v) is 3.63. The minimum Gasteiger partial charge on any atom is -0.384 e. The zero-order valence-electron chi connectivity index (χ0n) is 12.6. The van der Waals surface area contributed by atoms with Crippen molar-refractivity contribution < 1.29 is 0 Å². The maximum absolute atomic E-state index is 6.16. The highest BCUT2D eigenvalue weighted by Crippen LogP contribution is 2.25. The number of nitrogens with two attached hydrogens (primary N) is 1. The molecule has 106 valence electrons. The van der Waals surface area contributed by atoms with Crippen LogP contribution in [0, 0.1) is 20.8 Å². The highest BCUT2D eigenvalue weighted by molar-refractivity contribution is 5.64. The van der Waals surface area contributed by atoms with Gasteiger partial charge in [0, 0.05) is 11.6 Å². The summed E-state index contributed by atoms with van der Waals surface area (Å²) < 4.78 is 1.81. The van der Waals surface area contributed by atoms with E-state index in [9.17, 15) is 0 Å². The molecule has 3 nitrogen and oxygen atoms in total. The Morgan fingerprint density at radius 3 is 2.38 bits per heavy atom. The molecular weight excluding hydrogens is 258 g/mol. The Morgan fingerprint density at radius 2 is 1.67 bits per heavy atom. The van der Waals surface area contributed by atoms with Gasteiger partial charge in [0.25, 0.3) is 0 Å². The molecule has 0 saturated carbocycles. The summed E-state index contributed by atoms with van der Waals surface area (Å²) in [6, 6.07) is 16.5. The average molecular weight is 277 g/mol. The van der Waals surface area contributed by atoms with Crippen LogP contribution >= 0.6 is 0 Å². The summed E-state index contributed by atoms with van der Waals surface area (Å²) in [6.45, 7) is 6.24. The zero-order valence-corrected chi connectivity index (χ0v) is 12.6. The summed E-state index contributed by atoms with van der Waals surface area (Å²) in [5.74, 6) is 0.651. The maximum atomic E-state index is 6.16. The molecule has 0 aliphatic carbocycles. The van der Waals surface area contributed by atoms with Crippen molar-refractivity contribution in [1.82, 2.24) is 9.78 Å². The van der Waals surface area contributed by atoms with Gasteiger partial charge in [-0.3, -0.25) is 0 Å². The van der Waals surface area contributed by atoms with Crippen molar-refractivity contribution in [1.29, 1.82) is 0 Å². The first-order valence-corrected chi connectivity index (χ1v) is 7.05. The van der Waals surface area contributed by atoms with Crippen molar-refractivity contribution in [3.63, 3.8) is 0 Å². The molecule has 1 aromatic heterocycles. The highest BCUT2D eigenvalue weighted by atomic mass is 15.3. The summed E-state index contributed by atoms with van der Waals surface area (Å²) in [5.41, 5.74) is 12.8. The number of hydrogen-bond donors (Lipinski definition) is 1. The predicted octanol–water partition coefficient (Wildman–Crippen LogP) is 4.05. The van der Waals surface area contributed by atoms with Gasteiger partial charge in [-0.25, -0.2) is 4.68 Å². The van der Waals surface area contributed by atoms with Crippen LogP contribution in [0.25, 0.3) is 16.9 Å². The molecule has 3 heteroatoms. The summed E-state index contributed by atoms with van der Waals surface area (Å²) in [4.78, 5) is 0. The van der Waals surface area contributed by atoms with Gasteiger partial charge < -0.3 is 5.73 Å². The molecule has 0 bridgehead atoms. The first-order chi connectivity index (χ1) is 10.0. The lowest BCUT2D eigenvalue weighted by molar-refractivity contribution is 0.886. The fraction of sp³-hybridized carbons (Fsp3) is 0.167. The molecule has 0 aliphatic rings. The van der Waals surface area contributed by atoms with Crippen molar-refractivity contribution in [3.8, 4) is 16.9 Å². The molecule has 2 aromatic carbocycles. The largest absolute Gasteiger partial charge is 0.384 e. The number of aryl methyl sites for hydroxylation is 3. The SMILES string of the molecule is Cc1cccc(-c2cc(N)n(-c3ccc(C)cc3C)n2)c1. The van der Waals surface area contributed by atoms with Crippen LogP contribution in [0.4, 0.5) is 5.82 Å². The molecule has 0 fully saturated rings. The Morgan fingerprint density at radius 1 is 0.905 bits per heavy atom. The number of rotatable bonds is 2. The molecule has 3 rings (SSSR count). The summed E-state index contributed by atoms with van der Waals surface area (Å²) in [6.07, 6.45) is 0. The van der Waals surface area contributed by atoms with Crippen LogP contribution in [-0.4, -0.2) is 9.78 Å². The first kappa shape index (κ1) is 13.4. The number of anilines is 1. The normalized spacial score (nSPS) is 10.8. The third kappa shape index (κ3) is 2.55. The van der Waals surface area contributed by atoms with Gasteiger partial charge >= 0.3 is 0 Å². The maximum Gasteiger partial charge on any atom is 0.127 e. The van der Waals surface area contributed by atoms with Gasteiger partial charge in [0.1, 0.15) is 5.82 Å².